The summed E-state index contributed by atoms with van der Waals surface area (Å²) < 4.78 is 5.84. The summed E-state index contributed by atoms with van der Waals surface area (Å²) in [6.07, 6.45) is 0.691. The topological polar surface area (TPSA) is 71.5 Å². The highest BCUT2D eigenvalue weighted by Gasteiger charge is 2.28. The van der Waals surface area contributed by atoms with Crippen molar-refractivity contribution in [2.75, 3.05) is 19.6 Å². The summed E-state index contributed by atoms with van der Waals surface area (Å²) >= 11 is 0. The van der Waals surface area contributed by atoms with Crippen molar-refractivity contribution in [3.63, 3.8) is 0 Å². The van der Waals surface area contributed by atoms with Crippen LogP contribution in [0.2, 0.25) is 0 Å². The van der Waals surface area contributed by atoms with E-state index in [0.29, 0.717) is 24.5 Å². The zero-order valence-electron chi connectivity index (χ0n) is 14.1. The number of aromatic nitrogens is 1. The van der Waals surface area contributed by atoms with Gasteiger partial charge in [-0.15, -0.1) is 0 Å². The number of carbonyl (C=O) groups excluding carboxylic acids is 2. The van der Waals surface area contributed by atoms with Crippen LogP contribution in [-0.2, 0) is 4.79 Å². The van der Waals surface area contributed by atoms with Crippen molar-refractivity contribution in [3.05, 3.63) is 59.8 Å². The fourth-order valence-electron chi connectivity index (χ4n) is 2.76. The predicted octanol–water partition coefficient (Wildman–Crippen LogP) is 1.80. The number of ether oxygens (including phenoxy) is 1. The lowest BCUT2D eigenvalue weighted by Crippen LogP contribution is -2.39. The number of rotatable bonds is 5. The highest BCUT2D eigenvalue weighted by Crippen LogP contribution is 2.16. The molecule has 2 amide bonds. The van der Waals surface area contributed by atoms with E-state index in [2.05, 4.69) is 10.3 Å². The molecule has 0 bridgehead atoms. The smallest absolute Gasteiger partial charge is 0.251 e. The Bertz CT molecular complexity index is 749. The van der Waals surface area contributed by atoms with Crippen LogP contribution in [0.3, 0.4) is 0 Å². The summed E-state index contributed by atoms with van der Waals surface area (Å²) in [7, 11) is 0. The summed E-state index contributed by atoms with van der Waals surface area (Å²) in [5.41, 5.74) is 1.44. The molecule has 1 N–H and O–H groups in total. The second-order valence-corrected chi connectivity index (χ2v) is 6.03. The minimum Gasteiger partial charge on any atom is -0.472 e. The average Bonchev–Trinajstić information content (AvgIpc) is 3.08. The monoisotopic (exact) mass is 339 g/mol. The number of hydrogen-bond acceptors (Lipinski definition) is 4. The first-order valence-electron chi connectivity index (χ1n) is 8.33. The van der Waals surface area contributed by atoms with E-state index in [1.165, 1.54) is 0 Å². The molecule has 0 radical (unpaired) electrons. The number of nitrogens with one attached hydrogen (secondary N) is 1. The minimum absolute atomic E-state index is 0.0108. The van der Waals surface area contributed by atoms with Crippen molar-refractivity contribution in [2.45, 2.75) is 19.4 Å². The van der Waals surface area contributed by atoms with Gasteiger partial charge < -0.3 is 15.0 Å². The van der Waals surface area contributed by atoms with Crippen molar-refractivity contribution in [3.8, 4) is 5.88 Å². The molecule has 1 fully saturated rings. The lowest BCUT2D eigenvalue weighted by atomic mass is 10.2. The van der Waals surface area contributed by atoms with Gasteiger partial charge in [0.15, 0.2) is 0 Å². The van der Waals surface area contributed by atoms with Crippen molar-refractivity contribution >= 4 is 11.8 Å². The van der Waals surface area contributed by atoms with E-state index in [-0.39, 0.29) is 24.5 Å². The standard InChI is InChI=1S/C19H21N3O3/c1-14-6-5-9-17(21-14)25-16-10-11-22(13-16)18(23)12-20-19(24)15-7-3-2-4-8-15/h2-9,16H,10-13H2,1H3,(H,20,24). The third-order valence-electron chi connectivity index (χ3n) is 4.08. The molecule has 2 heterocycles. The molecule has 25 heavy (non-hydrogen) atoms. The van der Waals surface area contributed by atoms with E-state index in [0.717, 1.165) is 12.1 Å². The SMILES string of the molecule is Cc1cccc(OC2CCN(C(=O)CNC(=O)c3ccccc3)C2)n1. The Hall–Kier alpha value is -2.89. The van der Waals surface area contributed by atoms with E-state index in [9.17, 15) is 9.59 Å². The first-order valence-corrected chi connectivity index (χ1v) is 8.33. The van der Waals surface area contributed by atoms with Crippen LogP contribution in [0.15, 0.2) is 48.5 Å². The predicted molar refractivity (Wildman–Crippen MR) is 93.4 cm³/mol. The van der Waals surface area contributed by atoms with Gasteiger partial charge in [0, 0.05) is 30.3 Å². The molecule has 1 unspecified atom stereocenters. The first kappa shape index (κ1) is 17.0. The summed E-state index contributed by atoms with van der Waals surface area (Å²) in [5, 5.41) is 2.66. The molecule has 130 valence electrons. The molecular formula is C19H21N3O3. The summed E-state index contributed by atoms with van der Waals surface area (Å²) in [6, 6.07) is 14.5. The van der Waals surface area contributed by atoms with Gasteiger partial charge in [-0.3, -0.25) is 9.59 Å². The van der Waals surface area contributed by atoms with Gasteiger partial charge in [0.1, 0.15) is 6.10 Å². The van der Waals surface area contributed by atoms with Crippen molar-refractivity contribution < 1.29 is 14.3 Å². The maximum atomic E-state index is 12.3. The number of likely N-dealkylation sites (tertiary alicyclic amines) is 1. The lowest BCUT2D eigenvalue weighted by molar-refractivity contribution is -0.129. The number of nitrogens with zero attached hydrogens (tertiary/aromatic N) is 2. The van der Waals surface area contributed by atoms with Gasteiger partial charge in [-0.2, -0.15) is 0 Å². The fraction of sp³-hybridized carbons (Fsp3) is 0.316. The van der Waals surface area contributed by atoms with Crippen LogP contribution in [0.4, 0.5) is 0 Å². The van der Waals surface area contributed by atoms with E-state index in [1.807, 2.05) is 31.2 Å². The van der Waals surface area contributed by atoms with Gasteiger partial charge in [0.05, 0.1) is 13.1 Å². The minimum atomic E-state index is -0.245. The zero-order valence-corrected chi connectivity index (χ0v) is 14.1. The van der Waals surface area contributed by atoms with Crippen LogP contribution < -0.4 is 10.1 Å². The van der Waals surface area contributed by atoms with Crippen molar-refractivity contribution in [2.24, 2.45) is 0 Å². The van der Waals surface area contributed by atoms with Gasteiger partial charge in [0.2, 0.25) is 11.8 Å². The van der Waals surface area contributed by atoms with E-state index < -0.39 is 0 Å². The molecule has 1 atom stereocenters. The largest absolute Gasteiger partial charge is 0.472 e. The van der Waals surface area contributed by atoms with Crippen LogP contribution in [0, 0.1) is 6.92 Å². The van der Waals surface area contributed by atoms with Gasteiger partial charge in [0.25, 0.3) is 5.91 Å². The van der Waals surface area contributed by atoms with E-state index in [4.69, 9.17) is 4.74 Å². The molecule has 6 heteroatoms. The first-order chi connectivity index (χ1) is 12.1. The molecule has 0 aliphatic carbocycles. The third kappa shape index (κ3) is 4.56. The van der Waals surface area contributed by atoms with Crippen LogP contribution in [0.5, 0.6) is 5.88 Å². The Kier molecular flexibility index (Phi) is 5.28. The molecule has 1 aliphatic heterocycles. The second kappa shape index (κ2) is 7.79. The second-order valence-electron chi connectivity index (χ2n) is 6.03. The molecule has 1 saturated heterocycles. The Morgan fingerprint density at radius 3 is 2.76 bits per heavy atom. The Morgan fingerprint density at radius 1 is 1.20 bits per heavy atom. The number of amides is 2. The maximum absolute atomic E-state index is 12.3. The van der Waals surface area contributed by atoms with Gasteiger partial charge >= 0.3 is 0 Å². The molecule has 0 saturated carbocycles. The zero-order chi connectivity index (χ0) is 17.6. The molecule has 3 rings (SSSR count). The maximum Gasteiger partial charge on any atom is 0.251 e. The average molecular weight is 339 g/mol. The van der Waals surface area contributed by atoms with Gasteiger partial charge in [-0.1, -0.05) is 24.3 Å². The summed E-state index contributed by atoms with van der Waals surface area (Å²) in [5.74, 6) is 0.231. The van der Waals surface area contributed by atoms with Crippen LogP contribution >= 0.6 is 0 Å². The summed E-state index contributed by atoms with van der Waals surface area (Å²) in [6.45, 7) is 3.03. The number of hydrogen-bond donors (Lipinski definition) is 1. The highest BCUT2D eigenvalue weighted by molar-refractivity contribution is 5.96. The molecule has 6 nitrogen and oxygen atoms in total. The molecule has 1 aromatic heterocycles. The van der Waals surface area contributed by atoms with Crippen LogP contribution in [-0.4, -0.2) is 47.4 Å². The van der Waals surface area contributed by atoms with Crippen molar-refractivity contribution in [1.29, 1.82) is 0 Å². The Balaban J connectivity index is 1.47. The highest BCUT2D eigenvalue weighted by atomic mass is 16.5. The molecule has 1 aliphatic rings. The molecule has 2 aromatic rings. The van der Waals surface area contributed by atoms with Gasteiger partial charge in [-0.05, 0) is 25.1 Å². The van der Waals surface area contributed by atoms with Crippen molar-refractivity contribution in [1.82, 2.24) is 15.2 Å². The quantitative estimate of drug-likeness (QED) is 0.902. The number of pyridine rings is 1. The van der Waals surface area contributed by atoms with E-state index >= 15 is 0 Å². The Labute approximate surface area is 146 Å². The Morgan fingerprint density at radius 2 is 2.00 bits per heavy atom. The molecule has 0 spiro atoms. The fourth-order valence-corrected chi connectivity index (χ4v) is 2.76. The van der Waals surface area contributed by atoms with E-state index in [1.54, 1.807) is 29.2 Å². The van der Waals surface area contributed by atoms with Crippen LogP contribution in [0.1, 0.15) is 22.5 Å². The summed E-state index contributed by atoms with van der Waals surface area (Å²) in [4.78, 5) is 30.3. The third-order valence-corrected chi connectivity index (χ3v) is 4.08. The normalized spacial score (nSPS) is 16.5. The number of carbonyl (C=O) groups is 2. The number of benzene rings is 1. The molecular weight excluding hydrogens is 318 g/mol. The van der Waals surface area contributed by atoms with Crippen LogP contribution in [0.25, 0.3) is 0 Å². The van der Waals surface area contributed by atoms with Gasteiger partial charge in [-0.25, -0.2) is 4.98 Å². The number of aryl methyl sites for hydroxylation is 1. The lowest BCUT2D eigenvalue weighted by Gasteiger charge is -2.17. The molecule has 1 aromatic carbocycles.